The molecule has 0 spiro atoms. The average Bonchev–Trinajstić information content (AvgIpc) is 2.87. The Balaban J connectivity index is 1.82. The van der Waals surface area contributed by atoms with Gasteiger partial charge in [0.05, 0.1) is 32.6 Å². The van der Waals surface area contributed by atoms with E-state index >= 15 is 0 Å². The summed E-state index contributed by atoms with van der Waals surface area (Å²) in [7, 11) is 3.07. The molecule has 0 saturated heterocycles. The number of hydrogen-bond acceptors (Lipinski definition) is 7. The first-order chi connectivity index (χ1) is 16.0. The summed E-state index contributed by atoms with van der Waals surface area (Å²) in [5.74, 6) is 0.790. The van der Waals surface area contributed by atoms with E-state index in [0.29, 0.717) is 30.0 Å². The zero-order valence-corrected chi connectivity index (χ0v) is 18.5. The number of amides is 1. The van der Waals surface area contributed by atoms with E-state index in [4.69, 9.17) is 20.3 Å². The van der Waals surface area contributed by atoms with E-state index in [1.54, 1.807) is 25.3 Å². The SMILES string of the molecule is COc1ccc(N(C(=N)CCc2ccccc2)C(=N)CNC(=O)c2cnccn2)c(OC)c1. The van der Waals surface area contributed by atoms with Gasteiger partial charge in [-0.3, -0.25) is 25.5 Å². The number of benzene rings is 2. The molecule has 0 bridgehead atoms. The number of anilines is 1. The maximum absolute atomic E-state index is 12.4. The zero-order chi connectivity index (χ0) is 23.6. The number of nitrogens with zero attached hydrogens (tertiary/aromatic N) is 3. The van der Waals surface area contributed by atoms with Crippen molar-refractivity contribution in [3.8, 4) is 11.5 Å². The van der Waals surface area contributed by atoms with Crippen molar-refractivity contribution in [2.75, 3.05) is 25.7 Å². The lowest BCUT2D eigenvalue weighted by Crippen LogP contribution is -2.43. The van der Waals surface area contributed by atoms with E-state index in [1.165, 1.54) is 30.6 Å². The molecule has 0 unspecified atom stereocenters. The van der Waals surface area contributed by atoms with Crippen LogP contribution in [0.15, 0.2) is 67.1 Å². The van der Waals surface area contributed by atoms with Crippen molar-refractivity contribution in [1.82, 2.24) is 15.3 Å². The summed E-state index contributed by atoms with van der Waals surface area (Å²) in [4.78, 5) is 21.7. The van der Waals surface area contributed by atoms with Crippen molar-refractivity contribution in [2.24, 2.45) is 0 Å². The van der Waals surface area contributed by atoms with Crippen LogP contribution in [0.1, 0.15) is 22.5 Å². The molecule has 0 radical (unpaired) electrons. The predicted molar refractivity (Wildman–Crippen MR) is 127 cm³/mol. The molecule has 0 aliphatic carbocycles. The van der Waals surface area contributed by atoms with Gasteiger partial charge in [-0.05, 0) is 24.1 Å². The molecule has 170 valence electrons. The standard InChI is InChI=1S/C24H26N6O3/c1-32-18-9-10-20(21(14-18)33-2)30(22(25)11-8-17-6-4-3-5-7-17)23(26)16-29-24(31)19-15-27-12-13-28-19/h3-7,9-10,12-15,25-26H,8,11,16H2,1-2H3,(H,29,31). The molecule has 0 aliphatic rings. The topological polar surface area (TPSA) is 124 Å². The Morgan fingerprint density at radius 2 is 1.82 bits per heavy atom. The Morgan fingerprint density at radius 3 is 2.48 bits per heavy atom. The molecule has 9 nitrogen and oxygen atoms in total. The second-order valence-electron chi connectivity index (χ2n) is 7.03. The minimum atomic E-state index is -0.453. The van der Waals surface area contributed by atoms with Crippen LogP contribution in [0, 0.1) is 10.8 Å². The Morgan fingerprint density at radius 1 is 1.03 bits per heavy atom. The normalized spacial score (nSPS) is 10.2. The Kier molecular flexibility index (Phi) is 8.07. The highest BCUT2D eigenvalue weighted by molar-refractivity contribution is 6.19. The number of ether oxygens (including phenoxy) is 2. The van der Waals surface area contributed by atoms with E-state index in [1.807, 2.05) is 30.3 Å². The first kappa shape index (κ1) is 23.4. The van der Waals surface area contributed by atoms with Crippen molar-refractivity contribution < 1.29 is 14.3 Å². The van der Waals surface area contributed by atoms with Crippen LogP contribution in [0.4, 0.5) is 5.69 Å². The van der Waals surface area contributed by atoms with Gasteiger partial charge in [-0.25, -0.2) is 4.98 Å². The smallest absolute Gasteiger partial charge is 0.271 e. The van der Waals surface area contributed by atoms with Gasteiger partial charge in [-0.1, -0.05) is 30.3 Å². The lowest BCUT2D eigenvalue weighted by molar-refractivity contribution is 0.0953. The van der Waals surface area contributed by atoms with Gasteiger partial charge >= 0.3 is 0 Å². The summed E-state index contributed by atoms with van der Waals surface area (Å²) in [6.07, 6.45) is 5.28. The van der Waals surface area contributed by atoms with Crippen molar-refractivity contribution >= 4 is 23.3 Å². The van der Waals surface area contributed by atoms with Gasteiger partial charge in [0.25, 0.3) is 5.91 Å². The third kappa shape index (κ3) is 6.13. The van der Waals surface area contributed by atoms with E-state index in [9.17, 15) is 4.79 Å². The number of aryl methyl sites for hydroxylation is 1. The predicted octanol–water partition coefficient (Wildman–Crippen LogP) is 3.32. The van der Waals surface area contributed by atoms with Gasteiger partial charge in [0.2, 0.25) is 0 Å². The number of methoxy groups -OCH3 is 2. The van der Waals surface area contributed by atoms with Gasteiger partial charge < -0.3 is 14.8 Å². The highest BCUT2D eigenvalue weighted by Gasteiger charge is 2.22. The third-order valence-electron chi connectivity index (χ3n) is 4.87. The van der Waals surface area contributed by atoms with Crippen LogP contribution in [0.5, 0.6) is 11.5 Å². The van der Waals surface area contributed by atoms with E-state index in [0.717, 1.165) is 5.56 Å². The summed E-state index contributed by atoms with van der Waals surface area (Å²) in [5, 5.41) is 20.1. The average molecular weight is 447 g/mol. The van der Waals surface area contributed by atoms with E-state index < -0.39 is 5.91 Å². The summed E-state index contributed by atoms with van der Waals surface area (Å²) >= 11 is 0. The Labute approximate surface area is 192 Å². The van der Waals surface area contributed by atoms with Crippen LogP contribution < -0.4 is 19.7 Å². The minimum Gasteiger partial charge on any atom is -0.497 e. The van der Waals surface area contributed by atoms with Gasteiger partial charge in [-0.2, -0.15) is 0 Å². The molecule has 1 amide bonds. The molecule has 3 aromatic rings. The lowest BCUT2D eigenvalue weighted by Gasteiger charge is -2.27. The fourth-order valence-electron chi connectivity index (χ4n) is 3.19. The Bertz CT molecular complexity index is 1110. The summed E-state index contributed by atoms with van der Waals surface area (Å²) < 4.78 is 10.8. The molecule has 0 fully saturated rings. The fourth-order valence-corrected chi connectivity index (χ4v) is 3.19. The van der Waals surface area contributed by atoms with Crippen molar-refractivity contribution in [3.63, 3.8) is 0 Å². The third-order valence-corrected chi connectivity index (χ3v) is 4.87. The van der Waals surface area contributed by atoms with Crippen molar-refractivity contribution in [1.29, 1.82) is 10.8 Å². The molecule has 0 aliphatic heterocycles. The van der Waals surface area contributed by atoms with Gasteiger partial charge in [0, 0.05) is 24.9 Å². The van der Waals surface area contributed by atoms with Crippen LogP contribution in [-0.2, 0) is 6.42 Å². The number of amidine groups is 2. The lowest BCUT2D eigenvalue weighted by atomic mass is 10.1. The van der Waals surface area contributed by atoms with Crippen LogP contribution in [0.2, 0.25) is 0 Å². The Hall–Kier alpha value is -4.27. The highest BCUT2D eigenvalue weighted by Crippen LogP contribution is 2.33. The molecule has 1 aromatic heterocycles. The molecule has 9 heteroatoms. The van der Waals surface area contributed by atoms with Gasteiger partial charge in [-0.15, -0.1) is 0 Å². The number of hydrogen-bond donors (Lipinski definition) is 3. The quantitative estimate of drug-likeness (QED) is 0.342. The fraction of sp³-hybridized carbons (Fsp3) is 0.208. The van der Waals surface area contributed by atoms with Crippen molar-refractivity contribution in [3.05, 3.63) is 78.4 Å². The zero-order valence-electron chi connectivity index (χ0n) is 18.5. The summed E-state index contributed by atoms with van der Waals surface area (Å²) in [6.45, 7) is -0.113. The first-order valence-corrected chi connectivity index (χ1v) is 10.3. The molecule has 2 aromatic carbocycles. The largest absolute Gasteiger partial charge is 0.497 e. The molecule has 3 rings (SSSR count). The van der Waals surface area contributed by atoms with Crippen molar-refractivity contribution in [2.45, 2.75) is 12.8 Å². The molecule has 1 heterocycles. The van der Waals surface area contributed by atoms with Gasteiger partial charge in [0.15, 0.2) is 0 Å². The first-order valence-electron chi connectivity index (χ1n) is 10.3. The van der Waals surface area contributed by atoms with Gasteiger partial charge in [0.1, 0.15) is 28.9 Å². The van der Waals surface area contributed by atoms with E-state index in [-0.39, 0.29) is 23.9 Å². The number of carbonyl (C=O) groups excluding carboxylic acids is 1. The molecular weight excluding hydrogens is 420 g/mol. The minimum absolute atomic E-state index is 0.00812. The molecule has 3 N–H and O–H groups in total. The second kappa shape index (κ2) is 11.4. The van der Waals surface area contributed by atoms with Crippen LogP contribution >= 0.6 is 0 Å². The maximum Gasteiger partial charge on any atom is 0.271 e. The number of rotatable bonds is 9. The monoisotopic (exact) mass is 446 g/mol. The number of aromatic nitrogens is 2. The number of carbonyl (C=O) groups is 1. The maximum atomic E-state index is 12.4. The molecule has 0 saturated carbocycles. The summed E-state index contributed by atoms with van der Waals surface area (Å²) in [5.41, 5.74) is 1.75. The molecule has 33 heavy (non-hydrogen) atoms. The number of nitrogens with one attached hydrogen (secondary N) is 3. The highest BCUT2D eigenvalue weighted by atomic mass is 16.5. The van der Waals surface area contributed by atoms with Crippen LogP contribution in [0.3, 0.4) is 0 Å². The molecule has 0 atom stereocenters. The summed E-state index contributed by atoms with van der Waals surface area (Å²) in [6, 6.07) is 15.0. The second-order valence-corrected chi connectivity index (χ2v) is 7.03. The van der Waals surface area contributed by atoms with E-state index in [2.05, 4.69) is 15.3 Å². The van der Waals surface area contributed by atoms with Crippen LogP contribution in [-0.4, -0.2) is 48.3 Å². The van der Waals surface area contributed by atoms with Crippen LogP contribution in [0.25, 0.3) is 0 Å². The molecular formula is C24H26N6O3.